The molecule has 0 spiro atoms. The monoisotopic (exact) mass is 420 g/mol. The fraction of sp³-hybridized carbons (Fsp3) is 0.938. The van der Waals surface area contributed by atoms with Crippen molar-refractivity contribution in [2.45, 2.75) is 75.1 Å². The minimum atomic E-state index is -6.82. The van der Waals surface area contributed by atoms with Crippen LogP contribution < -0.4 is 0 Å². The zero-order valence-electron chi connectivity index (χ0n) is 14.9. The Morgan fingerprint density at radius 2 is 1.22 bits per heavy atom. The molecule has 163 valence electrons. The van der Waals surface area contributed by atoms with Crippen LogP contribution in [0.3, 0.4) is 0 Å². The zero-order valence-corrected chi connectivity index (χ0v) is 14.9. The van der Waals surface area contributed by atoms with E-state index in [9.17, 15) is 43.9 Å². The Balaban J connectivity index is 4.26. The second kappa shape index (κ2) is 10.2. The zero-order chi connectivity index (χ0) is 21.5. The Morgan fingerprint density at radius 1 is 0.741 bits per heavy atom. The maximum atomic E-state index is 13.3. The first-order valence-corrected chi connectivity index (χ1v) is 8.42. The predicted octanol–water partition coefficient (Wildman–Crippen LogP) is 6.29. The largest absolute Gasteiger partial charge is 0.460 e. The highest BCUT2D eigenvalue weighted by atomic mass is 19.4. The van der Waals surface area contributed by atoms with Crippen molar-refractivity contribution in [3.63, 3.8) is 0 Å². The van der Waals surface area contributed by atoms with Crippen molar-refractivity contribution >= 4 is 0 Å². The summed E-state index contributed by atoms with van der Waals surface area (Å²) in [5, 5.41) is 0. The molecule has 1 nitrogen and oxygen atoms in total. The molecule has 0 amide bonds. The topological polar surface area (TPSA) is 3.24 Å². The van der Waals surface area contributed by atoms with Gasteiger partial charge in [0.05, 0.1) is 0 Å². The highest BCUT2D eigenvalue weighted by Crippen LogP contribution is 2.54. The summed E-state index contributed by atoms with van der Waals surface area (Å²) in [6.07, 6.45) is -8.71. The van der Waals surface area contributed by atoms with Crippen LogP contribution in [0.25, 0.3) is 0 Å². The van der Waals surface area contributed by atoms with Crippen LogP contribution in [0.4, 0.5) is 43.9 Å². The maximum Gasteiger partial charge on any atom is 0.460 e. The molecule has 0 aromatic carbocycles. The van der Waals surface area contributed by atoms with E-state index < -0.39 is 43.0 Å². The van der Waals surface area contributed by atoms with Crippen LogP contribution in [0.2, 0.25) is 0 Å². The molecule has 0 saturated carbocycles. The number of hydrogen-bond acceptors (Lipinski definition) is 1. The van der Waals surface area contributed by atoms with Crippen LogP contribution in [-0.2, 0) is 0 Å². The first-order chi connectivity index (χ1) is 12.1. The van der Waals surface area contributed by atoms with Crippen LogP contribution in [0.1, 0.15) is 44.9 Å². The van der Waals surface area contributed by atoms with Crippen molar-refractivity contribution in [2.24, 2.45) is 0 Å². The van der Waals surface area contributed by atoms with Gasteiger partial charge in [-0.05, 0) is 52.7 Å². The van der Waals surface area contributed by atoms with E-state index in [0.29, 0.717) is 32.4 Å². The molecular formula is C16H24F10N. The van der Waals surface area contributed by atoms with Gasteiger partial charge in [0.15, 0.2) is 0 Å². The molecule has 1 unspecified atom stereocenters. The molecule has 11 heteroatoms. The molecule has 0 aliphatic heterocycles. The summed E-state index contributed by atoms with van der Waals surface area (Å²) in [7, 11) is 1.74. The van der Waals surface area contributed by atoms with E-state index in [4.69, 9.17) is 0 Å². The Hall–Kier alpha value is -0.740. The van der Waals surface area contributed by atoms with Gasteiger partial charge in [0.1, 0.15) is 6.17 Å². The summed E-state index contributed by atoms with van der Waals surface area (Å²) in [5.41, 5.74) is 0. The molecule has 0 rings (SSSR count). The number of nitrogens with zero attached hydrogens (tertiary/aromatic N) is 1. The number of halogens is 10. The minimum absolute atomic E-state index is 0.0253. The van der Waals surface area contributed by atoms with Crippen molar-refractivity contribution < 1.29 is 43.9 Å². The lowest BCUT2D eigenvalue weighted by molar-refractivity contribution is -0.396. The average Bonchev–Trinajstić information content (AvgIpc) is 2.48. The van der Waals surface area contributed by atoms with Gasteiger partial charge >= 0.3 is 23.9 Å². The van der Waals surface area contributed by atoms with Gasteiger partial charge in [-0.15, -0.1) is 0 Å². The summed E-state index contributed by atoms with van der Waals surface area (Å²) >= 11 is 0. The lowest BCUT2D eigenvalue weighted by Gasteiger charge is -2.33. The van der Waals surface area contributed by atoms with Gasteiger partial charge in [-0.2, -0.15) is 39.5 Å². The second-order valence-electron chi connectivity index (χ2n) is 6.56. The molecule has 0 heterocycles. The molecule has 27 heavy (non-hydrogen) atoms. The second-order valence-corrected chi connectivity index (χ2v) is 6.56. The molecule has 1 atom stereocenters. The number of hydrogen-bond donors (Lipinski definition) is 0. The highest BCUT2D eigenvalue weighted by Gasteiger charge is 2.81. The Labute approximate surface area is 152 Å². The van der Waals surface area contributed by atoms with Crippen LogP contribution in [0, 0.1) is 6.92 Å². The first-order valence-electron chi connectivity index (χ1n) is 8.42. The van der Waals surface area contributed by atoms with Crippen LogP contribution in [0.5, 0.6) is 0 Å². The smallest absolute Gasteiger partial charge is 0.306 e. The third kappa shape index (κ3) is 7.65. The summed E-state index contributed by atoms with van der Waals surface area (Å²) in [6.45, 7) is 4.28. The number of rotatable bonds is 13. The molecule has 0 aromatic heterocycles. The Bertz CT molecular complexity index is 420. The van der Waals surface area contributed by atoms with Crippen molar-refractivity contribution in [1.82, 2.24) is 4.90 Å². The third-order valence-electron chi connectivity index (χ3n) is 4.05. The molecule has 0 aliphatic carbocycles. The predicted molar refractivity (Wildman–Crippen MR) is 81.0 cm³/mol. The third-order valence-corrected chi connectivity index (χ3v) is 4.05. The van der Waals surface area contributed by atoms with E-state index in [1.807, 2.05) is 4.90 Å². The molecule has 0 aromatic rings. The fourth-order valence-corrected chi connectivity index (χ4v) is 2.34. The quantitative estimate of drug-likeness (QED) is 0.250. The van der Waals surface area contributed by atoms with Gasteiger partial charge in [0.25, 0.3) is 0 Å². The van der Waals surface area contributed by atoms with Crippen molar-refractivity contribution in [2.75, 3.05) is 20.1 Å². The van der Waals surface area contributed by atoms with E-state index >= 15 is 0 Å². The van der Waals surface area contributed by atoms with Crippen molar-refractivity contribution in [1.29, 1.82) is 0 Å². The molecule has 0 N–H and O–H groups in total. The van der Waals surface area contributed by atoms with Crippen LogP contribution in [0.15, 0.2) is 0 Å². The first kappa shape index (κ1) is 26.3. The summed E-state index contributed by atoms with van der Waals surface area (Å²) < 4.78 is 127. The SMILES string of the molecule is [CH2]C(F)CCCN(C)CCCCCCC(F)(F)C(F)(F)C(F)(F)C(F)(F)F. The number of alkyl halides is 10. The minimum Gasteiger partial charge on any atom is -0.306 e. The molecule has 1 radical (unpaired) electrons. The molecule has 0 saturated heterocycles. The molecule has 0 fully saturated rings. The van der Waals surface area contributed by atoms with E-state index in [-0.39, 0.29) is 12.8 Å². The van der Waals surface area contributed by atoms with Gasteiger partial charge in [0, 0.05) is 6.42 Å². The van der Waals surface area contributed by atoms with E-state index in [0.717, 1.165) is 0 Å². The van der Waals surface area contributed by atoms with Gasteiger partial charge < -0.3 is 4.90 Å². The Kier molecular flexibility index (Phi) is 9.88. The summed E-state index contributed by atoms with van der Waals surface area (Å²) in [4.78, 5) is 1.84. The highest BCUT2D eigenvalue weighted by molar-refractivity contribution is 5.00. The lowest BCUT2D eigenvalue weighted by atomic mass is 9.98. The van der Waals surface area contributed by atoms with Crippen molar-refractivity contribution in [3.8, 4) is 0 Å². The standard InChI is InChI=1S/C16H24F10N/c1-12(17)8-7-11-27(2)10-6-4-3-5-9-13(18,19)14(20,21)15(22,23)16(24,25)26/h12H,1,3-11H2,2H3. The van der Waals surface area contributed by atoms with Gasteiger partial charge in [0.2, 0.25) is 0 Å². The van der Waals surface area contributed by atoms with E-state index in [1.54, 1.807) is 7.05 Å². The lowest BCUT2D eigenvalue weighted by Crippen LogP contribution is -2.60. The Morgan fingerprint density at radius 3 is 1.70 bits per heavy atom. The normalized spacial score (nSPS) is 15.4. The molecule has 0 aliphatic rings. The maximum absolute atomic E-state index is 13.3. The summed E-state index contributed by atoms with van der Waals surface area (Å²) in [5.74, 6) is -18.8. The van der Waals surface area contributed by atoms with Crippen LogP contribution >= 0.6 is 0 Å². The van der Waals surface area contributed by atoms with E-state index in [1.165, 1.54) is 0 Å². The summed E-state index contributed by atoms with van der Waals surface area (Å²) in [6, 6.07) is 0. The van der Waals surface area contributed by atoms with Gasteiger partial charge in [-0.25, -0.2) is 4.39 Å². The average molecular weight is 420 g/mol. The molecule has 0 bridgehead atoms. The van der Waals surface area contributed by atoms with Gasteiger partial charge in [-0.3, -0.25) is 0 Å². The van der Waals surface area contributed by atoms with Crippen molar-refractivity contribution in [3.05, 3.63) is 6.92 Å². The van der Waals surface area contributed by atoms with Crippen LogP contribution in [-0.4, -0.2) is 55.2 Å². The fourth-order valence-electron chi connectivity index (χ4n) is 2.34. The number of unbranched alkanes of at least 4 members (excludes halogenated alkanes) is 3. The van der Waals surface area contributed by atoms with E-state index in [2.05, 4.69) is 6.92 Å². The van der Waals surface area contributed by atoms with Gasteiger partial charge in [-0.1, -0.05) is 12.8 Å². The molecular weight excluding hydrogens is 396 g/mol.